The van der Waals surface area contributed by atoms with E-state index in [9.17, 15) is 9.18 Å². The summed E-state index contributed by atoms with van der Waals surface area (Å²) in [6.45, 7) is 4.14. The van der Waals surface area contributed by atoms with Gasteiger partial charge in [-0.3, -0.25) is 4.79 Å². The lowest BCUT2D eigenvalue weighted by atomic mass is 10.1. The van der Waals surface area contributed by atoms with Gasteiger partial charge in [-0.2, -0.15) is 0 Å². The Kier molecular flexibility index (Phi) is 4.45. The molecule has 2 rings (SSSR count). The average molecular weight is 277 g/mol. The van der Waals surface area contributed by atoms with Gasteiger partial charge in [0.15, 0.2) is 0 Å². The zero-order valence-corrected chi connectivity index (χ0v) is 11.4. The summed E-state index contributed by atoms with van der Waals surface area (Å²) in [4.78, 5) is 11.5. The summed E-state index contributed by atoms with van der Waals surface area (Å²) >= 11 is 0. The van der Waals surface area contributed by atoms with E-state index in [1.165, 1.54) is 12.1 Å². The van der Waals surface area contributed by atoms with Crippen molar-refractivity contribution in [1.29, 1.82) is 0 Å². The minimum Gasteiger partial charge on any atom is -0.419 e. The molecule has 0 spiro atoms. The lowest BCUT2D eigenvalue weighted by Crippen LogP contribution is -2.24. The third kappa shape index (κ3) is 3.88. The molecule has 1 N–H and O–H groups in total. The predicted molar refractivity (Wildman–Crippen MR) is 71.0 cm³/mol. The Balaban J connectivity index is 1.95. The highest BCUT2D eigenvalue weighted by Gasteiger charge is 2.10. The zero-order valence-electron chi connectivity index (χ0n) is 11.4. The molecule has 1 heterocycles. The first-order valence-electron chi connectivity index (χ1n) is 6.39. The lowest BCUT2D eigenvalue weighted by molar-refractivity contribution is -0.122. The molecule has 1 amide bonds. The van der Waals surface area contributed by atoms with E-state index in [0.717, 1.165) is 0 Å². The standard InChI is InChI=1S/C14H16FN3O2/c1-9(2)7-12(19)16-8-13-17-18-14(20-13)10-3-5-11(15)6-4-10/h3-6,9H,7-8H2,1-2H3,(H,16,19). The minimum absolute atomic E-state index is 0.0541. The SMILES string of the molecule is CC(C)CC(=O)NCc1nnc(-c2ccc(F)cc2)o1. The van der Waals surface area contributed by atoms with Crippen molar-refractivity contribution in [3.63, 3.8) is 0 Å². The van der Waals surface area contributed by atoms with Crippen LogP contribution in [-0.2, 0) is 11.3 Å². The maximum Gasteiger partial charge on any atom is 0.247 e. The Labute approximate surface area is 116 Å². The molecule has 20 heavy (non-hydrogen) atoms. The van der Waals surface area contributed by atoms with E-state index < -0.39 is 0 Å². The molecule has 1 aromatic carbocycles. The van der Waals surface area contributed by atoms with Crippen LogP contribution in [0.2, 0.25) is 0 Å². The molecule has 0 bridgehead atoms. The van der Waals surface area contributed by atoms with E-state index in [1.807, 2.05) is 13.8 Å². The summed E-state index contributed by atoms with van der Waals surface area (Å²) in [5.41, 5.74) is 0.638. The second-order valence-electron chi connectivity index (χ2n) is 4.88. The van der Waals surface area contributed by atoms with Gasteiger partial charge in [0.1, 0.15) is 5.82 Å². The highest BCUT2D eigenvalue weighted by Crippen LogP contribution is 2.17. The number of hydrogen-bond acceptors (Lipinski definition) is 4. The third-order valence-electron chi connectivity index (χ3n) is 2.59. The average Bonchev–Trinajstić information content (AvgIpc) is 2.85. The molecule has 0 saturated carbocycles. The maximum atomic E-state index is 12.8. The van der Waals surface area contributed by atoms with E-state index in [-0.39, 0.29) is 18.3 Å². The number of carbonyl (C=O) groups is 1. The van der Waals surface area contributed by atoms with Crippen LogP contribution in [0.25, 0.3) is 11.5 Å². The first-order valence-corrected chi connectivity index (χ1v) is 6.39. The summed E-state index contributed by atoms with van der Waals surface area (Å²) in [6.07, 6.45) is 0.457. The topological polar surface area (TPSA) is 68.0 Å². The van der Waals surface area contributed by atoms with Gasteiger partial charge in [-0.15, -0.1) is 10.2 Å². The molecule has 0 unspecified atom stereocenters. The zero-order chi connectivity index (χ0) is 14.5. The quantitative estimate of drug-likeness (QED) is 0.912. The first-order chi connectivity index (χ1) is 9.54. The monoisotopic (exact) mass is 277 g/mol. The largest absolute Gasteiger partial charge is 0.419 e. The van der Waals surface area contributed by atoms with Crippen LogP contribution < -0.4 is 5.32 Å². The Hall–Kier alpha value is -2.24. The van der Waals surface area contributed by atoms with Crippen molar-refractivity contribution in [3.05, 3.63) is 36.0 Å². The van der Waals surface area contributed by atoms with Crippen LogP contribution in [0.5, 0.6) is 0 Å². The van der Waals surface area contributed by atoms with E-state index in [2.05, 4.69) is 15.5 Å². The van der Waals surface area contributed by atoms with Gasteiger partial charge in [0.25, 0.3) is 0 Å². The van der Waals surface area contributed by atoms with E-state index >= 15 is 0 Å². The van der Waals surface area contributed by atoms with Crippen molar-refractivity contribution in [1.82, 2.24) is 15.5 Å². The van der Waals surface area contributed by atoms with Crippen molar-refractivity contribution < 1.29 is 13.6 Å². The second-order valence-corrected chi connectivity index (χ2v) is 4.88. The van der Waals surface area contributed by atoms with Gasteiger partial charge in [0, 0.05) is 12.0 Å². The Morgan fingerprint density at radius 3 is 2.65 bits per heavy atom. The fourth-order valence-electron chi connectivity index (χ4n) is 1.65. The molecule has 5 nitrogen and oxygen atoms in total. The van der Waals surface area contributed by atoms with Gasteiger partial charge < -0.3 is 9.73 Å². The number of carbonyl (C=O) groups excluding carboxylic acids is 1. The summed E-state index contributed by atoms with van der Waals surface area (Å²) in [5.74, 6) is 0.544. The van der Waals surface area contributed by atoms with Crippen molar-refractivity contribution in [3.8, 4) is 11.5 Å². The smallest absolute Gasteiger partial charge is 0.247 e. The highest BCUT2D eigenvalue weighted by molar-refractivity contribution is 5.75. The van der Waals surface area contributed by atoms with Crippen LogP contribution in [0.1, 0.15) is 26.2 Å². The summed E-state index contributed by atoms with van der Waals surface area (Å²) < 4.78 is 18.2. The molecule has 0 aliphatic rings. The van der Waals surface area contributed by atoms with E-state index in [0.29, 0.717) is 29.7 Å². The van der Waals surface area contributed by atoms with Crippen molar-refractivity contribution >= 4 is 5.91 Å². The van der Waals surface area contributed by atoms with Crippen LogP contribution in [0, 0.1) is 11.7 Å². The molecule has 0 aliphatic carbocycles. The fourth-order valence-corrected chi connectivity index (χ4v) is 1.65. The number of benzene rings is 1. The van der Waals surface area contributed by atoms with Gasteiger partial charge >= 0.3 is 0 Å². The summed E-state index contributed by atoms with van der Waals surface area (Å²) in [6, 6.07) is 5.77. The van der Waals surface area contributed by atoms with Gasteiger partial charge in [0.2, 0.25) is 17.7 Å². The number of rotatable bonds is 5. The van der Waals surface area contributed by atoms with Crippen molar-refractivity contribution in [2.45, 2.75) is 26.8 Å². The number of aromatic nitrogens is 2. The van der Waals surface area contributed by atoms with E-state index in [4.69, 9.17) is 4.42 Å². The van der Waals surface area contributed by atoms with Crippen LogP contribution >= 0.6 is 0 Å². The van der Waals surface area contributed by atoms with Crippen LogP contribution in [0.4, 0.5) is 4.39 Å². The molecular formula is C14H16FN3O2. The number of nitrogens with zero attached hydrogens (tertiary/aromatic N) is 2. The van der Waals surface area contributed by atoms with Gasteiger partial charge in [-0.25, -0.2) is 4.39 Å². The Morgan fingerprint density at radius 1 is 1.30 bits per heavy atom. The maximum absolute atomic E-state index is 12.8. The molecular weight excluding hydrogens is 261 g/mol. The second kappa shape index (κ2) is 6.27. The van der Waals surface area contributed by atoms with Crippen molar-refractivity contribution in [2.24, 2.45) is 5.92 Å². The highest BCUT2D eigenvalue weighted by atomic mass is 19.1. The molecule has 0 fully saturated rings. The Bertz CT molecular complexity index is 578. The third-order valence-corrected chi connectivity index (χ3v) is 2.59. The molecule has 6 heteroatoms. The number of halogens is 1. The molecule has 0 aliphatic heterocycles. The van der Waals surface area contributed by atoms with Gasteiger partial charge in [-0.1, -0.05) is 13.8 Å². The fraction of sp³-hybridized carbons (Fsp3) is 0.357. The van der Waals surface area contributed by atoms with Crippen LogP contribution in [0.15, 0.2) is 28.7 Å². The van der Waals surface area contributed by atoms with Gasteiger partial charge in [-0.05, 0) is 30.2 Å². The number of amides is 1. The molecule has 0 saturated heterocycles. The van der Waals surface area contributed by atoms with Gasteiger partial charge in [0.05, 0.1) is 6.54 Å². The molecule has 0 radical (unpaired) electrons. The normalized spacial score (nSPS) is 10.8. The molecule has 0 atom stereocenters. The number of nitrogens with one attached hydrogen (secondary N) is 1. The minimum atomic E-state index is -0.325. The van der Waals surface area contributed by atoms with Crippen LogP contribution in [-0.4, -0.2) is 16.1 Å². The first kappa shape index (κ1) is 14.2. The summed E-state index contributed by atoms with van der Waals surface area (Å²) in [7, 11) is 0. The number of hydrogen-bond donors (Lipinski definition) is 1. The molecule has 1 aromatic heterocycles. The molecule has 106 valence electrons. The van der Waals surface area contributed by atoms with E-state index in [1.54, 1.807) is 12.1 Å². The Morgan fingerprint density at radius 2 is 2.00 bits per heavy atom. The van der Waals surface area contributed by atoms with Crippen molar-refractivity contribution in [2.75, 3.05) is 0 Å². The van der Waals surface area contributed by atoms with Crippen LogP contribution in [0.3, 0.4) is 0 Å². The summed E-state index contributed by atoms with van der Waals surface area (Å²) in [5, 5.41) is 10.4. The predicted octanol–water partition coefficient (Wildman–Crippen LogP) is 2.54. The lowest BCUT2D eigenvalue weighted by Gasteiger charge is -2.04. The molecule has 2 aromatic rings.